The molecule has 1 heterocycles. The lowest BCUT2D eigenvalue weighted by Gasteiger charge is -2.27. The van der Waals surface area contributed by atoms with E-state index in [9.17, 15) is 35.4 Å². The molecule has 5 atom stereocenters. The second-order valence-electron chi connectivity index (χ2n) is 8.98. The van der Waals surface area contributed by atoms with E-state index >= 15 is 0 Å². The summed E-state index contributed by atoms with van der Waals surface area (Å²) in [6.07, 6.45) is -2.75. The number of hydrogen-bond donors (Lipinski definition) is 6. The first-order valence-electron chi connectivity index (χ1n) is 11.7. The van der Waals surface area contributed by atoms with Gasteiger partial charge in [0.2, 0.25) is 0 Å². The SMILES string of the molecule is COc1cc([C@@H]2Oc3c(O)cc(CCCO)cc3[C@H]2COC(=O)C2=C[C@@H](O)[C@@H](O)[C@@H](O)C2)ccc1O. The molecule has 194 valence electrons. The Bertz CT molecular complexity index is 1140. The summed E-state index contributed by atoms with van der Waals surface area (Å²) < 4.78 is 16.9. The molecule has 1 aliphatic carbocycles. The lowest BCUT2D eigenvalue weighted by molar-refractivity contribution is -0.141. The molecule has 0 spiro atoms. The van der Waals surface area contributed by atoms with Gasteiger partial charge in [-0.15, -0.1) is 0 Å². The molecule has 0 amide bonds. The monoisotopic (exact) mass is 502 g/mol. The van der Waals surface area contributed by atoms with Crippen molar-refractivity contribution in [1.29, 1.82) is 0 Å². The van der Waals surface area contributed by atoms with Gasteiger partial charge in [0.15, 0.2) is 23.0 Å². The molecule has 0 unspecified atom stereocenters. The van der Waals surface area contributed by atoms with Crippen molar-refractivity contribution in [2.24, 2.45) is 0 Å². The molecule has 6 N–H and O–H groups in total. The minimum absolute atomic E-state index is 0.00712. The van der Waals surface area contributed by atoms with Gasteiger partial charge < -0.3 is 44.8 Å². The van der Waals surface area contributed by atoms with Crippen LogP contribution in [0.3, 0.4) is 0 Å². The van der Waals surface area contributed by atoms with E-state index in [4.69, 9.17) is 14.2 Å². The molecule has 0 radical (unpaired) electrons. The number of phenolic OH excluding ortho intramolecular Hbond substituents is 2. The van der Waals surface area contributed by atoms with Crippen molar-refractivity contribution < 1.29 is 49.6 Å². The van der Waals surface area contributed by atoms with Crippen molar-refractivity contribution in [3.8, 4) is 23.0 Å². The van der Waals surface area contributed by atoms with Crippen LogP contribution >= 0.6 is 0 Å². The molecule has 2 aliphatic rings. The maximum absolute atomic E-state index is 12.8. The van der Waals surface area contributed by atoms with Crippen LogP contribution in [0.4, 0.5) is 0 Å². The van der Waals surface area contributed by atoms with E-state index in [0.717, 1.165) is 5.56 Å². The number of aliphatic hydroxyl groups is 4. The second kappa shape index (κ2) is 10.8. The smallest absolute Gasteiger partial charge is 0.333 e. The molecule has 36 heavy (non-hydrogen) atoms. The van der Waals surface area contributed by atoms with Gasteiger partial charge in [0, 0.05) is 24.2 Å². The molecule has 0 saturated carbocycles. The fourth-order valence-corrected chi connectivity index (χ4v) is 4.60. The second-order valence-corrected chi connectivity index (χ2v) is 8.98. The highest BCUT2D eigenvalue weighted by atomic mass is 16.5. The van der Waals surface area contributed by atoms with Gasteiger partial charge in [-0.3, -0.25) is 0 Å². The summed E-state index contributed by atoms with van der Waals surface area (Å²) in [5, 5.41) is 59.4. The van der Waals surface area contributed by atoms with Crippen LogP contribution < -0.4 is 9.47 Å². The number of aryl methyl sites for hydroxylation is 1. The normalized spacial score (nSPS) is 25.0. The van der Waals surface area contributed by atoms with Gasteiger partial charge in [-0.2, -0.15) is 0 Å². The van der Waals surface area contributed by atoms with E-state index in [1.165, 1.54) is 19.3 Å². The van der Waals surface area contributed by atoms with Crippen molar-refractivity contribution in [1.82, 2.24) is 0 Å². The third-order valence-electron chi connectivity index (χ3n) is 6.52. The predicted octanol–water partition coefficient (Wildman–Crippen LogP) is 1.20. The zero-order chi connectivity index (χ0) is 26.0. The van der Waals surface area contributed by atoms with Crippen molar-refractivity contribution in [2.75, 3.05) is 20.3 Å². The van der Waals surface area contributed by atoms with Crippen LogP contribution in [0.25, 0.3) is 0 Å². The molecule has 0 fully saturated rings. The van der Waals surface area contributed by atoms with E-state index in [2.05, 4.69) is 0 Å². The third kappa shape index (κ3) is 5.12. The first kappa shape index (κ1) is 25.8. The fraction of sp³-hybridized carbons (Fsp3) is 0.423. The molecular formula is C26H30O10. The van der Waals surface area contributed by atoms with Crippen LogP contribution in [0.15, 0.2) is 42.0 Å². The van der Waals surface area contributed by atoms with Gasteiger partial charge in [-0.25, -0.2) is 4.79 Å². The zero-order valence-corrected chi connectivity index (χ0v) is 19.7. The maximum Gasteiger partial charge on any atom is 0.333 e. The van der Waals surface area contributed by atoms with E-state index in [0.29, 0.717) is 24.0 Å². The Kier molecular flexibility index (Phi) is 7.70. The van der Waals surface area contributed by atoms with Gasteiger partial charge in [-0.05, 0) is 48.2 Å². The van der Waals surface area contributed by atoms with Gasteiger partial charge in [-0.1, -0.05) is 12.1 Å². The van der Waals surface area contributed by atoms with E-state index in [1.54, 1.807) is 18.2 Å². The number of esters is 1. The van der Waals surface area contributed by atoms with Crippen molar-refractivity contribution >= 4 is 5.97 Å². The Hall–Kier alpha value is -3.31. The summed E-state index contributed by atoms with van der Waals surface area (Å²) >= 11 is 0. The molecule has 0 aromatic heterocycles. The first-order chi connectivity index (χ1) is 17.2. The minimum Gasteiger partial charge on any atom is -0.504 e. The van der Waals surface area contributed by atoms with Gasteiger partial charge in [0.25, 0.3) is 0 Å². The number of carbonyl (C=O) groups excluding carboxylic acids is 1. The van der Waals surface area contributed by atoms with Crippen LogP contribution in [-0.2, 0) is 16.0 Å². The molecule has 10 nitrogen and oxygen atoms in total. The van der Waals surface area contributed by atoms with E-state index < -0.39 is 36.3 Å². The number of benzene rings is 2. The number of phenols is 2. The van der Waals surface area contributed by atoms with Gasteiger partial charge >= 0.3 is 5.97 Å². The average molecular weight is 503 g/mol. The minimum atomic E-state index is -1.39. The Morgan fingerprint density at radius 1 is 1.11 bits per heavy atom. The molecule has 10 heteroatoms. The fourth-order valence-electron chi connectivity index (χ4n) is 4.60. The molecule has 0 bridgehead atoms. The number of ether oxygens (including phenoxy) is 3. The number of aliphatic hydroxyl groups excluding tert-OH is 4. The summed E-state index contributed by atoms with van der Waals surface area (Å²) in [6, 6.07) is 8.10. The average Bonchev–Trinajstić information content (AvgIpc) is 3.23. The number of carbonyl (C=O) groups is 1. The predicted molar refractivity (Wildman–Crippen MR) is 126 cm³/mol. The quantitative estimate of drug-likeness (QED) is 0.289. The summed E-state index contributed by atoms with van der Waals surface area (Å²) in [7, 11) is 1.42. The Morgan fingerprint density at radius 3 is 2.58 bits per heavy atom. The lowest BCUT2D eigenvalue weighted by atomic mass is 9.89. The van der Waals surface area contributed by atoms with Gasteiger partial charge in [0.1, 0.15) is 24.9 Å². The Balaban J connectivity index is 1.64. The summed E-state index contributed by atoms with van der Waals surface area (Å²) in [4.78, 5) is 12.8. The molecule has 1 aliphatic heterocycles. The van der Waals surface area contributed by atoms with Crippen LogP contribution in [0, 0.1) is 0 Å². The Morgan fingerprint density at radius 2 is 1.89 bits per heavy atom. The third-order valence-corrected chi connectivity index (χ3v) is 6.52. The number of hydrogen-bond acceptors (Lipinski definition) is 10. The highest BCUT2D eigenvalue weighted by Crippen LogP contribution is 2.51. The summed E-state index contributed by atoms with van der Waals surface area (Å²) in [5.74, 6) is -0.979. The highest BCUT2D eigenvalue weighted by molar-refractivity contribution is 5.89. The molecule has 0 saturated heterocycles. The number of rotatable bonds is 8. The van der Waals surface area contributed by atoms with Crippen molar-refractivity contribution in [2.45, 2.75) is 49.6 Å². The topological polar surface area (TPSA) is 166 Å². The maximum atomic E-state index is 12.8. The highest BCUT2D eigenvalue weighted by Gasteiger charge is 2.40. The largest absolute Gasteiger partial charge is 0.504 e. The summed E-state index contributed by atoms with van der Waals surface area (Å²) in [6.45, 7) is -0.165. The van der Waals surface area contributed by atoms with E-state index in [1.807, 2.05) is 6.07 Å². The lowest BCUT2D eigenvalue weighted by Crippen LogP contribution is -2.41. The zero-order valence-electron chi connectivity index (χ0n) is 19.7. The number of fused-ring (bicyclic) bond motifs is 1. The molecular weight excluding hydrogens is 472 g/mol. The number of aromatic hydroxyl groups is 2. The van der Waals surface area contributed by atoms with Crippen LogP contribution in [0.1, 0.15) is 41.6 Å². The standard InChI is InChI=1S/C26H30O10/c1-34-22-11-14(4-5-18(22)28)24-17(12-35-26(33)15-9-19(29)23(32)20(30)10-15)16-7-13(3-2-6-27)8-21(31)25(16)36-24/h4-5,7-9,11,17,19-20,23-24,27-32H,2-3,6,10,12H2,1H3/t17-,19-,20+,23-,24+/m1/s1. The molecule has 2 aromatic carbocycles. The molecule has 4 rings (SSSR count). The van der Waals surface area contributed by atoms with Crippen LogP contribution in [0.5, 0.6) is 23.0 Å². The molecule has 2 aromatic rings. The van der Waals surface area contributed by atoms with Gasteiger partial charge in [0.05, 0.1) is 19.1 Å². The first-order valence-corrected chi connectivity index (χ1v) is 11.7. The Labute approximate surface area is 207 Å². The number of methoxy groups -OCH3 is 1. The van der Waals surface area contributed by atoms with E-state index in [-0.39, 0.29) is 48.2 Å². The van der Waals surface area contributed by atoms with Crippen molar-refractivity contribution in [3.05, 3.63) is 58.7 Å². The van der Waals surface area contributed by atoms with Crippen molar-refractivity contribution in [3.63, 3.8) is 0 Å². The summed E-state index contributed by atoms with van der Waals surface area (Å²) in [5.41, 5.74) is 2.05. The van der Waals surface area contributed by atoms with Crippen LogP contribution in [0.2, 0.25) is 0 Å². The van der Waals surface area contributed by atoms with Crippen LogP contribution in [-0.4, -0.2) is 75.2 Å².